The summed E-state index contributed by atoms with van der Waals surface area (Å²) in [6, 6.07) is 3.68. The molecule has 0 bridgehead atoms. The zero-order valence-electron chi connectivity index (χ0n) is 13.1. The van der Waals surface area contributed by atoms with E-state index in [1.54, 1.807) is 27.1 Å². The largest absolute Gasteiger partial charge is 0.344 e. The van der Waals surface area contributed by atoms with Gasteiger partial charge in [-0.3, -0.25) is 14.3 Å². The molecule has 3 heterocycles. The van der Waals surface area contributed by atoms with Crippen LogP contribution in [0.3, 0.4) is 0 Å². The van der Waals surface area contributed by atoms with Crippen LogP contribution in [0.5, 0.6) is 0 Å². The molecule has 2 aromatic rings. The lowest BCUT2D eigenvalue weighted by Crippen LogP contribution is -2.41. The molecule has 0 unspecified atom stereocenters. The fraction of sp³-hybridized carbons (Fsp3) is 0.438. The summed E-state index contributed by atoms with van der Waals surface area (Å²) in [5.41, 5.74) is 0.784. The summed E-state index contributed by atoms with van der Waals surface area (Å²) < 4.78 is 1.67. The maximum atomic E-state index is 12.4. The highest BCUT2D eigenvalue weighted by molar-refractivity contribution is 7.09. The number of nitrogens with one attached hydrogen (secondary N) is 1. The van der Waals surface area contributed by atoms with Gasteiger partial charge in [0.2, 0.25) is 11.8 Å². The van der Waals surface area contributed by atoms with Crippen molar-refractivity contribution in [1.82, 2.24) is 15.1 Å². The van der Waals surface area contributed by atoms with Gasteiger partial charge in [0.15, 0.2) is 0 Å². The number of aromatic nitrogens is 2. The van der Waals surface area contributed by atoms with Gasteiger partial charge in [0.1, 0.15) is 6.04 Å². The fourth-order valence-electron chi connectivity index (χ4n) is 2.76. The third-order valence-corrected chi connectivity index (χ3v) is 4.89. The maximum absolute atomic E-state index is 12.4. The van der Waals surface area contributed by atoms with E-state index in [0.29, 0.717) is 19.4 Å². The molecule has 122 valence electrons. The minimum absolute atomic E-state index is 0.0482. The van der Waals surface area contributed by atoms with Gasteiger partial charge in [-0.25, -0.2) is 0 Å². The molecule has 0 saturated carbocycles. The first-order valence-electron chi connectivity index (χ1n) is 7.75. The molecule has 3 rings (SSSR count). The molecule has 23 heavy (non-hydrogen) atoms. The van der Waals surface area contributed by atoms with E-state index < -0.39 is 6.04 Å². The summed E-state index contributed by atoms with van der Waals surface area (Å²) in [7, 11) is 1.82. The van der Waals surface area contributed by atoms with Gasteiger partial charge in [-0.1, -0.05) is 6.07 Å². The topological polar surface area (TPSA) is 67.2 Å². The normalized spacial score (nSPS) is 17.7. The summed E-state index contributed by atoms with van der Waals surface area (Å²) in [5, 5.41) is 8.99. The number of hydrogen-bond donors (Lipinski definition) is 1. The van der Waals surface area contributed by atoms with Gasteiger partial charge in [-0.05, 0) is 30.7 Å². The zero-order chi connectivity index (χ0) is 16.2. The van der Waals surface area contributed by atoms with Crippen molar-refractivity contribution in [2.45, 2.75) is 31.7 Å². The summed E-state index contributed by atoms with van der Waals surface area (Å²) in [6.45, 7) is 0.616. The average molecular weight is 332 g/mol. The molecule has 1 atom stereocenters. The zero-order valence-corrected chi connectivity index (χ0v) is 13.9. The van der Waals surface area contributed by atoms with Crippen LogP contribution in [-0.4, -0.2) is 34.2 Å². The fourth-order valence-corrected chi connectivity index (χ4v) is 3.51. The average Bonchev–Trinajstić information content (AvgIpc) is 3.23. The third kappa shape index (κ3) is 3.79. The van der Waals surface area contributed by atoms with Crippen molar-refractivity contribution >= 4 is 28.8 Å². The Morgan fingerprint density at radius 1 is 1.52 bits per heavy atom. The summed E-state index contributed by atoms with van der Waals surface area (Å²) >= 11 is 1.71. The van der Waals surface area contributed by atoms with Crippen molar-refractivity contribution in [1.29, 1.82) is 0 Å². The van der Waals surface area contributed by atoms with Crippen LogP contribution < -0.4 is 10.2 Å². The van der Waals surface area contributed by atoms with Gasteiger partial charge in [0.05, 0.1) is 11.9 Å². The number of thiophene rings is 1. The minimum atomic E-state index is -0.413. The minimum Gasteiger partial charge on any atom is -0.344 e. The number of hydrogen-bond acceptors (Lipinski definition) is 4. The smallest absolute Gasteiger partial charge is 0.249 e. The van der Waals surface area contributed by atoms with Gasteiger partial charge in [0.25, 0.3) is 0 Å². The van der Waals surface area contributed by atoms with Crippen LogP contribution in [0, 0.1) is 0 Å². The van der Waals surface area contributed by atoms with Crippen molar-refractivity contribution in [3.8, 4) is 0 Å². The Labute approximate surface area is 139 Å². The van der Waals surface area contributed by atoms with Crippen LogP contribution in [0.4, 0.5) is 5.69 Å². The summed E-state index contributed by atoms with van der Waals surface area (Å²) in [5.74, 6) is -0.0995. The van der Waals surface area contributed by atoms with E-state index >= 15 is 0 Å². The molecule has 0 aliphatic carbocycles. The van der Waals surface area contributed by atoms with E-state index in [1.807, 2.05) is 24.7 Å². The molecule has 0 radical (unpaired) electrons. The Morgan fingerprint density at radius 2 is 2.39 bits per heavy atom. The van der Waals surface area contributed by atoms with E-state index in [1.165, 1.54) is 4.88 Å². The SMILES string of the molecule is Cn1cc(N2CC[C@@H](NC(=O)CCCc3cccs3)C2=O)cn1. The second kappa shape index (κ2) is 6.95. The molecule has 1 saturated heterocycles. The van der Waals surface area contributed by atoms with E-state index in [0.717, 1.165) is 18.5 Å². The van der Waals surface area contributed by atoms with Crippen LogP contribution in [0.15, 0.2) is 29.9 Å². The van der Waals surface area contributed by atoms with Crippen LogP contribution in [0.25, 0.3) is 0 Å². The number of nitrogens with zero attached hydrogens (tertiary/aromatic N) is 3. The second-order valence-electron chi connectivity index (χ2n) is 5.70. The van der Waals surface area contributed by atoms with E-state index in [-0.39, 0.29) is 11.8 Å². The molecular weight excluding hydrogens is 312 g/mol. The lowest BCUT2D eigenvalue weighted by Gasteiger charge is -2.15. The lowest BCUT2D eigenvalue weighted by molar-refractivity contribution is -0.126. The van der Waals surface area contributed by atoms with Crippen LogP contribution >= 0.6 is 11.3 Å². The van der Waals surface area contributed by atoms with Gasteiger partial charge in [-0.15, -0.1) is 11.3 Å². The first kappa shape index (κ1) is 15.7. The van der Waals surface area contributed by atoms with Gasteiger partial charge in [-0.2, -0.15) is 5.10 Å². The van der Waals surface area contributed by atoms with Crippen molar-refractivity contribution < 1.29 is 9.59 Å². The summed E-state index contributed by atoms with van der Waals surface area (Å²) in [4.78, 5) is 27.4. The molecule has 0 aromatic carbocycles. The number of amides is 2. The molecule has 2 aromatic heterocycles. The first-order chi connectivity index (χ1) is 11.1. The number of anilines is 1. The predicted octanol–water partition coefficient (Wildman–Crippen LogP) is 1.73. The highest BCUT2D eigenvalue weighted by atomic mass is 32.1. The molecule has 1 aliphatic rings. The molecule has 7 heteroatoms. The van der Waals surface area contributed by atoms with Gasteiger partial charge < -0.3 is 10.2 Å². The summed E-state index contributed by atoms with van der Waals surface area (Å²) in [6.07, 6.45) is 6.29. The number of carbonyl (C=O) groups excluding carboxylic acids is 2. The number of carbonyl (C=O) groups is 2. The highest BCUT2D eigenvalue weighted by Gasteiger charge is 2.33. The van der Waals surface area contributed by atoms with E-state index in [2.05, 4.69) is 16.5 Å². The molecule has 1 N–H and O–H groups in total. The van der Waals surface area contributed by atoms with Crippen molar-refractivity contribution in [3.63, 3.8) is 0 Å². The first-order valence-corrected chi connectivity index (χ1v) is 8.63. The molecule has 1 aliphatic heterocycles. The van der Waals surface area contributed by atoms with Crippen molar-refractivity contribution in [2.75, 3.05) is 11.4 Å². The van der Waals surface area contributed by atoms with Crippen molar-refractivity contribution in [2.24, 2.45) is 7.05 Å². The predicted molar refractivity (Wildman–Crippen MR) is 89.4 cm³/mol. The van der Waals surface area contributed by atoms with Crippen LogP contribution in [-0.2, 0) is 23.1 Å². The Morgan fingerprint density at radius 3 is 3.09 bits per heavy atom. The van der Waals surface area contributed by atoms with E-state index in [4.69, 9.17) is 0 Å². The van der Waals surface area contributed by atoms with Gasteiger partial charge in [0, 0.05) is 31.1 Å². The molecule has 6 nitrogen and oxygen atoms in total. The number of rotatable bonds is 6. The Hall–Kier alpha value is -2.15. The van der Waals surface area contributed by atoms with Crippen LogP contribution in [0.2, 0.25) is 0 Å². The molecule has 2 amide bonds. The molecular formula is C16H20N4O2S. The highest BCUT2D eigenvalue weighted by Crippen LogP contribution is 2.20. The second-order valence-corrected chi connectivity index (χ2v) is 6.74. The van der Waals surface area contributed by atoms with E-state index in [9.17, 15) is 9.59 Å². The molecule has 1 fully saturated rings. The Kier molecular flexibility index (Phi) is 4.76. The Balaban J connectivity index is 1.46. The van der Waals surface area contributed by atoms with Gasteiger partial charge >= 0.3 is 0 Å². The quantitative estimate of drug-likeness (QED) is 0.876. The van der Waals surface area contributed by atoms with Crippen LogP contribution in [0.1, 0.15) is 24.1 Å². The molecule has 0 spiro atoms. The maximum Gasteiger partial charge on any atom is 0.249 e. The monoisotopic (exact) mass is 332 g/mol. The number of aryl methyl sites for hydroxylation is 2. The Bertz CT molecular complexity index is 680. The standard InChI is InChI=1S/C16H20N4O2S/c1-19-11-12(10-17-19)20-8-7-14(16(20)22)18-15(21)6-2-4-13-5-3-9-23-13/h3,5,9-11,14H,2,4,6-8H2,1H3,(H,18,21)/t14-/m1/s1. The third-order valence-electron chi connectivity index (χ3n) is 3.95. The lowest BCUT2D eigenvalue weighted by atomic mass is 10.2. The van der Waals surface area contributed by atoms with Crippen molar-refractivity contribution in [3.05, 3.63) is 34.8 Å².